The van der Waals surface area contributed by atoms with E-state index in [1.165, 1.54) is 16.5 Å². The monoisotopic (exact) mass is 423 g/mol. The molecule has 0 saturated carbocycles. The Kier molecular flexibility index (Phi) is 4.82. The molecule has 0 saturated heterocycles. The van der Waals surface area contributed by atoms with Crippen LogP contribution in [-0.4, -0.2) is 27.0 Å². The standard InChI is InChI=1S/C22H21N3O4S/c1-12-5-10-15(29-12)18(26)16-17(13-6-8-14(9-7-13)22(2,3)4)25(20(28)19(16)27)21-24-23-11-30-21/h5-11,17,27H,1-4H3. The van der Waals surface area contributed by atoms with Crippen molar-refractivity contribution in [2.45, 2.75) is 39.2 Å². The summed E-state index contributed by atoms with van der Waals surface area (Å²) >= 11 is 1.16. The predicted octanol–water partition coefficient (Wildman–Crippen LogP) is 4.52. The first-order valence-corrected chi connectivity index (χ1v) is 10.3. The van der Waals surface area contributed by atoms with E-state index in [4.69, 9.17) is 4.42 Å². The number of aryl methyl sites for hydroxylation is 1. The van der Waals surface area contributed by atoms with E-state index in [-0.39, 0.29) is 16.7 Å². The summed E-state index contributed by atoms with van der Waals surface area (Å²) in [6.07, 6.45) is 0. The Hall–Kier alpha value is -3.26. The molecule has 1 atom stereocenters. The van der Waals surface area contributed by atoms with Crippen LogP contribution in [0.2, 0.25) is 0 Å². The summed E-state index contributed by atoms with van der Waals surface area (Å²) in [5.74, 6) is -1.20. The van der Waals surface area contributed by atoms with Crippen LogP contribution < -0.4 is 4.90 Å². The number of aliphatic hydroxyl groups is 1. The zero-order chi connectivity index (χ0) is 21.6. The van der Waals surface area contributed by atoms with E-state index in [1.807, 2.05) is 24.3 Å². The lowest BCUT2D eigenvalue weighted by atomic mass is 9.85. The van der Waals surface area contributed by atoms with Crippen LogP contribution in [0.1, 0.15) is 54.3 Å². The predicted molar refractivity (Wildman–Crippen MR) is 113 cm³/mol. The number of hydrogen-bond acceptors (Lipinski definition) is 7. The Balaban J connectivity index is 1.84. The van der Waals surface area contributed by atoms with E-state index in [9.17, 15) is 14.7 Å². The zero-order valence-corrected chi connectivity index (χ0v) is 17.9. The molecule has 1 aromatic carbocycles. The fraction of sp³-hybridized carbons (Fsp3) is 0.273. The molecule has 1 unspecified atom stereocenters. The summed E-state index contributed by atoms with van der Waals surface area (Å²) in [6, 6.07) is 10.0. The molecule has 2 aromatic heterocycles. The van der Waals surface area contributed by atoms with Gasteiger partial charge in [0, 0.05) is 0 Å². The van der Waals surface area contributed by atoms with Crippen molar-refractivity contribution in [3.8, 4) is 0 Å². The lowest BCUT2D eigenvalue weighted by Gasteiger charge is -2.25. The van der Waals surface area contributed by atoms with Crippen molar-refractivity contribution in [2.75, 3.05) is 4.90 Å². The van der Waals surface area contributed by atoms with Gasteiger partial charge in [0.1, 0.15) is 11.3 Å². The lowest BCUT2D eigenvalue weighted by molar-refractivity contribution is -0.117. The van der Waals surface area contributed by atoms with Crippen LogP contribution in [0.4, 0.5) is 5.13 Å². The van der Waals surface area contributed by atoms with E-state index in [0.717, 1.165) is 16.9 Å². The molecule has 154 valence electrons. The number of aliphatic hydroxyl groups excluding tert-OH is 1. The van der Waals surface area contributed by atoms with Gasteiger partial charge >= 0.3 is 0 Å². The van der Waals surface area contributed by atoms with Crippen molar-refractivity contribution >= 4 is 28.2 Å². The largest absolute Gasteiger partial charge is 0.503 e. The van der Waals surface area contributed by atoms with Gasteiger partial charge in [-0.2, -0.15) is 0 Å². The number of hydrogen-bond donors (Lipinski definition) is 1. The number of benzene rings is 1. The molecule has 1 aliphatic heterocycles. The van der Waals surface area contributed by atoms with Crippen LogP contribution in [0.5, 0.6) is 0 Å². The van der Waals surface area contributed by atoms with Crippen molar-refractivity contribution in [2.24, 2.45) is 0 Å². The molecule has 0 fully saturated rings. The number of ketones is 1. The summed E-state index contributed by atoms with van der Waals surface area (Å²) < 4.78 is 5.47. The third-order valence-electron chi connectivity index (χ3n) is 5.06. The Morgan fingerprint density at radius 1 is 1.17 bits per heavy atom. The van der Waals surface area contributed by atoms with Crippen LogP contribution in [0.15, 0.2) is 57.7 Å². The van der Waals surface area contributed by atoms with E-state index < -0.39 is 23.5 Å². The van der Waals surface area contributed by atoms with Crippen molar-refractivity contribution in [3.63, 3.8) is 0 Å². The van der Waals surface area contributed by atoms with Crippen LogP contribution in [0, 0.1) is 6.92 Å². The number of carbonyl (C=O) groups excluding carboxylic acids is 2. The van der Waals surface area contributed by atoms with E-state index in [2.05, 4.69) is 31.0 Å². The summed E-state index contributed by atoms with van der Waals surface area (Å²) in [5, 5.41) is 18.8. The second-order valence-electron chi connectivity index (χ2n) is 8.17. The van der Waals surface area contributed by atoms with E-state index >= 15 is 0 Å². The molecule has 7 nitrogen and oxygen atoms in total. The maximum absolute atomic E-state index is 13.2. The topological polar surface area (TPSA) is 96.5 Å². The van der Waals surface area contributed by atoms with E-state index in [0.29, 0.717) is 16.5 Å². The minimum absolute atomic E-state index is 0.0342. The number of anilines is 1. The zero-order valence-electron chi connectivity index (χ0n) is 17.0. The average Bonchev–Trinajstić information content (AvgIpc) is 3.42. The van der Waals surface area contributed by atoms with Gasteiger partial charge in [-0.05, 0) is 35.6 Å². The van der Waals surface area contributed by atoms with Crippen LogP contribution in [0.3, 0.4) is 0 Å². The maximum atomic E-state index is 13.2. The fourth-order valence-corrected chi connectivity index (χ4v) is 4.06. The fourth-order valence-electron chi connectivity index (χ4n) is 3.48. The molecule has 3 heterocycles. The summed E-state index contributed by atoms with van der Waals surface area (Å²) in [5.41, 5.74) is 3.21. The Morgan fingerprint density at radius 3 is 2.40 bits per heavy atom. The SMILES string of the molecule is Cc1ccc(C(=O)C2=C(O)C(=O)N(c3nncs3)C2c2ccc(C(C)(C)C)cc2)o1. The number of furan rings is 1. The third kappa shape index (κ3) is 3.33. The number of carbonyl (C=O) groups is 2. The van der Waals surface area contributed by atoms with Gasteiger partial charge in [-0.25, -0.2) is 0 Å². The second kappa shape index (κ2) is 7.21. The van der Waals surface area contributed by atoms with Gasteiger partial charge in [-0.1, -0.05) is 56.4 Å². The van der Waals surface area contributed by atoms with Gasteiger partial charge in [0.15, 0.2) is 11.5 Å². The molecule has 1 N–H and O–H groups in total. The molecule has 0 radical (unpaired) electrons. The van der Waals surface area contributed by atoms with Gasteiger partial charge in [-0.15, -0.1) is 10.2 Å². The Bertz CT molecular complexity index is 1140. The normalized spacial score (nSPS) is 17.1. The number of Topliss-reactive ketones (excluding diaryl/α,β-unsaturated/α-hetero) is 1. The van der Waals surface area contributed by atoms with E-state index in [1.54, 1.807) is 13.0 Å². The van der Waals surface area contributed by atoms with Gasteiger partial charge in [0.05, 0.1) is 11.6 Å². The van der Waals surface area contributed by atoms with Crippen molar-refractivity contribution in [1.82, 2.24) is 10.2 Å². The van der Waals surface area contributed by atoms with Crippen molar-refractivity contribution < 1.29 is 19.1 Å². The second-order valence-corrected chi connectivity index (χ2v) is 8.98. The third-order valence-corrected chi connectivity index (χ3v) is 5.75. The van der Waals surface area contributed by atoms with Crippen LogP contribution >= 0.6 is 11.3 Å². The number of nitrogens with zero attached hydrogens (tertiary/aromatic N) is 3. The van der Waals surface area contributed by atoms with Crippen LogP contribution in [0.25, 0.3) is 0 Å². The minimum atomic E-state index is -0.836. The number of rotatable bonds is 4. The molecule has 4 rings (SSSR count). The lowest BCUT2D eigenvalue weighted by Crippen LogP contribution is -2.31. The smallest absolute Gasteiger partial charge is 0.296 e. The Labute approximate surface area is 177 Å². The molecule has 1 amide bonds. The molecular weight excluding hydrogens is 402 g/mol. The first kappa shape index (κ1) is 20.0. The number of aromatic nitrogens is 2. The molecule has 0 spiro atoms. The van der Waals surface area contributed by atoms with Gasteiger partial charge < -0.3 is 9.52 Å². The minimum Gasteiger partial charge on any atom is -0.503 e. The first-order valence-electron chi connectivity index (χ1n) is 9.43. The molecule has 0 bridgehead atoms. The van der Waals surface area contributed by atoms with Gasteiger partial charge in [-0.3, -0.25) is 14.5 Å². The molecule has 3 aromatic rings. The summed E-state index contributed by atoms with van der Waals surface area (Å²) in [4.78, 5) is 27.5. The first-order chi connectivity index (χ1) is 14.2. The molecule has 8 heteroatoms. The highest BCUT2D eigenvalue weighted by atomic mass is 32.1. The molecule has 0 aliphatic carbocycles. The summed E-state index contributed by atoms with van der Waals surface area (Å²) in [7, 11) is 0. The maximum Gasteiger partial charge on any atom is 0.296 e. The molecule has 30 heavy (non-hydrogen) atoms. The van der Waals surface area contributed by atoms with Gasteiger partial charge in [0.25, 0.3) is 5.91 Å². The van der Waals surface area contributed by atoms with Crippen molar-refractivity contribution in [1.29, 1.82) is 0 Å². The average molecular weight is 423 g/mol. The van der Waals surface area contributed by atoms with Gasteiger partial charge in [0.2, 0.25) is 10.9 Å². The molecular formula is C22H21N3O4S. The highest BCUT2D eigenvalue weighted by molar-refractivity contribution is 7.13. The van der Waals surface area contributed by atoms with Crippen LogP contribution in [-0.2, 0) is 10.2 Å². The Morgan fingerprint density at radius 2 is 1.87 bits per heavy atom. The van der Waals surface area contributed by atoms with Crippen molar-refractivity contribution in [3.05, 3.63) is 75.9 Å². The highest BCUT2D eigenvalue weighted by Gasteiger charge is 2.46. The quantitative estimate of drug-likeness (QED) is 0.620. The number of amides is 1. The highest BCUT2D eigenvalue weighted by Crippen LogP contribution is 2.42. The molecule has 1 aliphatic rings. The summed E-state index contributed by atoms with van der Waals surface area (Å²) in [6.45, 7) is 8.04.